The Morgan fingerprint density at radius 3 is 2.89 bits per heavy atom. The van der Waals surface area contributed by atoms with Crippen LogP contribution >= 0.6 is 0 Å². The van der Waals surface area contributed by atoms with Crippen LogP contribution in [0.4, 0.5) is 5.95 Å². The van der Waals surface area contributed by atoms with Crippen LogP contribution in [0.3, 0.4) is 0 Å². The molecule has 1 aliphatic carbocycles. The molecule has 3 rings (SSSR count). The first kappa shape index (κ1) is 12.2. The molecule has 0 bridgehead atoms. The van der Waals surface area contributed by atoms with Crippen molar-refractivity contribution in [1.29, 1.82) is 0 Å². The van der Waals surface area contributed by atoms with Gasteiger partial charge in [0.25, 0.3) is 0 Å². The molecule has 0 unspecified atom stereocenters. The van der Waals surface area contributed by atoms with Crippen LogP contribution in [0.5, 0.6) is 0 Å². The van der Waals surface area contributed by atoms with Crippen molar-refractivity contribution in [1.82, 2.24) is 9.55 Å². The molecule has 4 heteroatoms. The number of rotatable bonds is 4. The summed E-state index contributed by atoms with van der Waals surface area (Å²) in [5, 5.41) is 2.99. The number of para-hydroxylation sites is 2. The fraction of sp³-hybridized carbons (Fsp3) is 0.467. The van der Waals surface area contributed by atoms with Crippen LogP contribution in [-0.4, -0.2) is 15.5 Å². The van der Waals surface area contributed by atoms with Gasteiger partial charge < -0.3 is 4.57 Å². The largest absolute Gasteiger partial charge is 0.310 e. The SMILES string of the molecule is CCCn1c(NC(=O)[C@@H]2C[C@H]2C)nc2ccccc21. The van der Waals surface area contributed by atoms with Crippen molar-refractivity contribution in [3.63, 3.8) is 0 Å². The van der Waals surface area contributed by atoms with Crippen molar-refractivity contribution >= 4 is 22.9 Å². The van der Waals surface area contributed by atoms with Gasteiger partial charge in [0, 0.05) is 12.5 Å². The molecule has 1 aromatic heterocycles. The molecule has 1 N–H and O–H groups in total. The Kier molecular flexibility index (Phi) is 3.01. The fourth-order valence-corrected chi connectivity index (χ4v) is 2.51. The first-order valence-electron chi connectivity index (χ1n) is 6.97. The molecule has 0 radical (unpaired) electrons. The van der Waals surface area contributed by atoms with E-state index in [-0.39, 0.29) is 11.8 Å². The van der Waals surface area contributed by atoms with Gasteiger partial charge in [-0.2, -0.15) is 0 Å². The number of hydrogen-bond donors (Lipinski definition) is 1. The van der Waals surface area contributed by atoms with E-state index in [9.17, 15) is 4.79 Å². The molecule has 1 aliphatic rings. The van der Waals surface area contributed by atoms with E-state index in [4.69, 9.17) is 0 Å². The van der Waals surface area contributed by atoms with Crippen LogP contribution < -0.4 is 5.32 Å². The van der Waals surface area contributed by atoms with Crippen LogP contribution in [0.25, 0.3) is 11.0 Å². The molecule has 0 aliphatic heterocycles. The molecule has 100 valence electrons. The van der Waals surface area contributed by atoms with E-state index in [1.165, 1.54) is 0 Å². The van der Waals surface area contributed by atoms with Crippen molar-refractivity contribution in [3.8, 4) is 0 Å². The predicted molar refractivity (Wildman–Crippen MR) is 75.9 cm³/mol. The Hall–Kier alpha value is -1.84. The lowest BCUT2D eigenvalue weighted by Crippen LogP contribution is -2.18. The third-order valence-electron chi connectivity index (χ3n) is 3.78. The van der Waals surface area contributed by atoms with Gasteiger partial charge in [0.1, 0.15) is 0 Å². The summed E-state index contributed by atoms with van der Waals surface area (Å²) in [5.74, 6) is 1.49. The predicted octanol–water partition coefficient (Wildman–Crippen LogP) is 3.04. The van der Waals surface area contributed by atoms with Gasteiger partial charge in [-0.1, -0.05) is 26.0 Å². The Morgan fingerprint density at radius 2 is 2.21 bits per heavy atom. The third-order valence-corrected chi connectivity index (χ3v) is 3.78. The van der Waals surface area contributed by atoms with Crippen LogP contribution in [0.2, 0.25) is 0 Å². The molecule has 0 spiro atoms. The van der Waals surface area contributed by atoms with Crippen molar-refractivity contribution < 1.29 is 4.79 Å². The number of amides is 1. The van der Waals surface area contributed by atoms with Gasteiger partial charge in [-0.3, -0.25) is 10.1 Å². The second-order valence-corrected chi connectivity index (χ2v) is 5.38. The van der Waals surface area contributed by atoms with Crippen LogP contribution in [-0.2, 0) is 11.3 Å². The molecule has 19 heavy (non-hydrogen) atoms. The lowest BCUT2D eigenvalue weighted by atomic mass is 10.3. The molecule has 2 atom stereocenters. The zero-order valence-corrected chi connectivity index (χ0v) is 11.4. The van der Waals surface area contributed by atoms with E-state index in [0.717, 1.165) is 30.4 Å². The summed E-state index contributed by atoms with van der Waals surface area (Å²) in [7, 11) is 0. The van der Waals surface area contributed by atoms with Crippen LogP contribution in [0.15, 0.2) is 24.3 Å². The highest BCUT2D eigenvalue weighted by atomic mass is 16.2. The highest BCUT2D eigenvalue weighted by molar-refractivity contribution is 5.94. The molecule has 1 fully saturated rings. The van der Waals surface area contributed by atoms with Crippen molar-refractivity contribution in [2.75, 3.05) is 5.32 Å². The van der Waals surface area contributed by atoms with Gasteiger partial charge in [-0.15, -0.1) is 0 Å². The Labute approximate surface area is 112 Å². The van der Waals surface area contributed by atoms with Gasteiger partial charge in [0.05, 0.1) is 11.0 Å². The molecule has 2 aromatic rings. The van der Waals surface area contributed by atoms with Gasteiger partial charge in [-0.05, 0) is 30.9 Å². The number of imidazole rings is 1. The summed E-state index contributed by atoms with van der Waals surface area (Å²) in [6, 6.07) is 8.01. The Balaban J connectivity index is 1.93. The average molecular weight is 257 g/mol. The molecular weight excluding hydrogens is 238 g/mol. The monoisotopic (exact) mass is 257 g/mol. The molecule has 0 saturated heterocycles. The first-order valence-corrected chi connectivity index (χ1v) is 6.97. The number of aromatic nitrogens is 2. The second kappa shape index (κ2) is 4.68. The van der Waals surface area contributed by atoms with Crippen molar-refractivity contribution in [2.24, 2.45) is 11.8 Å². The highest BCUT2D eigenvalue weighted by Gasteiger charge is 2.39. The second-order valence-electron chi connectivity index (χ2n) is 5.38. The number of hydrogen-bond acceptors (Lipinski definition) is 2. The fourth-order valence-electron chi connectivity index (χ4n) is 2.51. The van der Waals surface area contributed by atoms with Gasteiger partial charge in [0.15, 0.2) is 0 Å². The van der Waals surface area contributed by atoms with Gasteiger partial charge >= 0.3 is 0 Å². The third kappa shape index (κ3) is 2.23. The zero-order chi connectivity index (χ0) is 13.4. The van der Waals surface area contributed by atoms with Crippen LogP contribution in [0, 0.1) is 11.8 Å². The maximum absolute atomic E-state index is 12.1. The molecule has 1 heterocycles. The standard InChI is InChI=1S/C15H19N3O/c1-3-8-18-13-7-5-4-6-12(13)16-15(18)17-14(19)11-9-10(11)2/h4-7,10-11H,3,8-9H2,1-2H3,(H,16,17,19)/t10-,11-/m1/s1. The molecule has 1 aromatic carbocycles. The highest BCUT2D eigenvalue weighted by Crippen LogP contribution is 2.38. The summed E-state index contributed by atoms with van der Waals surface area (Å²) in [5.41, 5.74) is 2.03. The topological polar surface area (TPSA) is 46.9 Å². The zero-order valence-electron chi connectivity index (χ0n) is 11.4. The van der Waals surface area contributed by atoms with Gasteiger partial charge in [0.2, 0.25) is 11.9 Å². The van der Waals surface area contributed by atoms with Crippen molar-refractivity contribution in [2.45, 2.75) is 33.2 Å². The van der Waals surface area contributed by atoms with E-state index in [1.807, 2.05) is 24.3 Å². The Morgan fingerprint density at radius 1 is 1.47 bits per heavy atom. The van der Waals surface area contributed by atoms with E-state index in [0.29, 0.717) is 11.9 Å². The van der Waals surface area contributed by atoms with E-state index in [2.05, 4.69) is 28.7 Å². The molecule has 1 amide bonds. The van der Waals surface area contributed by atoms with E-state index < -0.39 is 0 Å². The average Bonchev–Trinajstić information content (AvgIpc) is 3.04. The number of nitrogens with zero attached hydrogens (tertiary/aromatic N) is 2. The summed E-state index contributed by atoms with van der Waals surface area (Å²) in [6.45, 7) is 5.11. The molecule has 4 nitrogen and oxygen atoms in total. The summed E-state index contributed by atoms with van der Waals surface area (Å²) < 4.78 is 2.10. The number of carbonyl (C=O) groups excluding carboxylic acids is 1. The smallest absolute Gasteiger partial charge is 0.230 e. The molecule has 1 saturated carbocycles. The maximum atomic E-state index is 12.1. The van der Waals surface area contributed by atoms with Gasteiger partial charge in [-0.25, -0.2) is 4.98 Å². The number of carbonyl (C=O) groups is 1. The summed E-state index contributed by atoms with van der Waals surface area (Å²) >= 11 is 0. The number of benzene rings is 1. The lowest BCUT2D eigenvalue weighted by molar-refractivity contribution is -0.117. The van der Waals surface area contributed by atoms with E-state index in [1.54, 1.807) is 0 Å². The number of anilines is 1. The quantitative estimate of drug-likeness (QED) is 0.915. The minimum atomic E-state index is 0.111. The minimum Gasteiger partial charge on any atom is -0.310 e. The molecular formula is C15H19N3O. The number of fused-ring (bicyclic) bond motifs is 1. The summed E-state index contributed by atoms with van der Waals surface area (Å²) in [4.78, 5) is 16.6. The van der Waals surface area contributed by atoms with Crippen LogP contribution in [0.1, 0.15) is 26.7 Å². The number of nitrogens with one attached hydrogen (secondary N) is 1. The normalized spacial score (nSPS) is 21.6. The van der Waals surface area contributed by atoms with Crippen molar-refractivity contribution in [3.05, 3.63) is 24.3 Å². The minimum absolute atomic E-state index is 0.111. The lowest BCUT2D eigenvalue weighted by Gasteiger charge is -2.08. The Bertz CT molecular complexity index is 617. The number of aryl methyl sites for hydroxylation is 1. The van der Waals surface area contributed by atoms with E-state index >= 15 is 0 Å². The summed E-state index contributed by atoms with van der Waals surface area (Å²) in [6.07, 6.45) is 2.02. The maximum Gasteiger partial charge on any atom is 0.230 e. The first-order chi connectivity index (χ1) is 9.20.